The molecule has 1 saturated carbocycles. The Morgan fingerprint density at radius 3 is 2.23 bits per heavy atom. The molecule has 136 valence electrons. The van der Waals surface area contributed by atoms with Gasteiger partial charge in [0.25, 0.3) is 0 Å². The average Bonchev–Trinajstić information content (AvgIpc) is 3.49. The molecule has 26 heavy (non-hydrogen) atoms. The highest BCUT2D eigenvalue weighted by Gasteiger charge is 2.33. The number of hydrogen-bond acceptors (Lipinski definition) is 3. The smallest absolute Gasteiger partial charge is 0.242 e. The van der Waals surface area contributed by atoms with E-state index in [4.69, 9.17) is 0 Å². The number of anilines is 1. The Bertz CT molecular complexity index is 738. The van der Waals surface area contributed by atoms with Crippen LogP contribution in [0.2, 0.25) is 0 Å². The lowest BCUT2D eigenvalue weighted by molar-refractivity contribution is -0.127. The second-order valence-electron chi connectivity index (χ2n) is 7.10. The summed E-state index contributed by atoms with van der Waals surface area (Å²) in [6.07, 6.45) is 2.12. The van der Waals surface area contributed by atoms with Crippen LogP contribution in [-0.2, 0) is 4.79 Å². The Kier molecular flexibility index (Phi) is 4.89. The summed E-state index contributed by atoms with van der Waals surface area (Å²) in [6, 6.07) is 16.7. The van der Waals surface area contributed by atoms with E-state index < -0.39 is 0 Å². The van der Waals surface area contributed by atoms with Gasteiger partial charge in [-0.3, -0.25) is 9.69 Å². The van der Waals surface area contributed by atoms with Gasteiger partial charge in [-0.15, -0.1) is 0 Å². The number of carbonyl (C=O) groups is 1. The lowest BCUT2D eigenvalue weighted by Crippen LogP contribution is -2.51. The molecule has 0 bridgehead atoms. The standard InChI is InChI=1S/C21H24FN3O/c22-17-8-6-16(7-9-17)20(21(26)23-18-10-11-18)25-14-12-24(13-15-25)19-4-2-1-3-5-19/h1-9,18,20H,10-15H2,(H,23,26)/t20-/m1/s1. The fourth-order valence-electron chi connectivity index (χ4n) is 3.56. The predicted molar refractivity (Wildman–Crippen MR) is 101 cm³/mol. The molecule has 0 unspecified atom stereocenters. The van der Waals surface area contributed by atoms with Crippen molar-refractivity contribution in [1.29, 1.82) is 0 Å². The summed E-state index contributed by atoms with van der Waals surface area (Å²) in [5.74, 6) is -0.240. The molecule has 2 aromatic rings. The molecule has 4 nitrogen and oxygen atoms in total. The first kappa shape index (κ1) is 17.0. The zero-order chi connectivity index (χ0) is 17.9. The summed E-state index contributed by atoms with van der Waals surface area (Å²) in [7, 11) is 0. The van der Waals surface area contributed by atoms with Crippen molar-refractivity contribution in [2.45, 2.75) is 24.9 Å². The highest BCUT2D eigenvalue weighted by Crippen LogP contribution is 2.27. The topological polar surface area (TPSA) is 35.6 Å². The van der Waals surface area contributed by atoms with Crippen LogP contribution in [0.5, 0.6) is 0 Å². The minimum absolute atomic E-state index is 0.0345. The number of piperazine rings is 1. The summed E-state index contributed by atoms with van der Waals surface area (Å²) < 4.78 is 13.3. The van der Waals surface area contributed by atoms with E-state index in [2.05, 4.69) is 27.2 Å². The van der Waals surface area contributed by atoms with Gasteiger partial charge in [0, 0.05) is 37.9 Å². The van der Waals surface area contributed by atoms with Crippen molar-refractivity contribution in [2.75, 3.05) is 31.1 Å². The number of hydrogen-bond donors (Lipinski definition) is 1. The van der Waals surface area contributed by atoms with E-state index in [0.717, 1.165) is 44.6 Å². The highest BCUT2D eigenvalue weighted by molar-refractivity contribution is 5.83. The minimum Gasteiger partial charge on any atom is -0.369 e. The molecule has 1 amide bonds. The van der Waals surface area contributed by atoms with E-state index in [-0.39, 0.29) is 17.8 Å². The van der Waals surface area contributed by atoms with Gasteiger partial charge >= 0.3 is 0 Å². The molecule has 1 aliphatic carbocycles. The Morgan fingerprint density at radius 2 is 1.62 bits per heavy atom. The van der Waals surface area contributed by atoms with Gasteiger partial charge in [0.05, 0.1) is 0 Å². The molecule has 0 spiro atoms. The molecule has 1 aliphatic heterocycles. The molecule has 1 saturated heterocycles. The van der Waals surface area contributed by atoms with Crippen molar-refractivity contribution in [3.63, 3.8) is 0 Å². The maximum absolute atomic E-state index is 13.3. The lowest BCUT2D eigenvalue weighted by atomic mass is 10.0. The van der Waals surface area contributed by atoms with Crippen molar-refractivity contribution >= 4 is 11.6 Å². The van der Waals surface area contributed by atoms with Crippen LogP contribution < -0.4 is 10.2 Å². The van der Waals surface area contributed by atoms with Gasteiger partial charge in [0.2, 0.25) is 5.91 Å². The molecular weight excluding hydrogens is 329 g/mol. The quantitative estimate of drug-likeness (QED) is 0.898. The Hall–Kier alpha value is -2.40. The van der Waals surface area contributed by atoms with Crippen LogP contribution >= 0.6 is 0 Å². The van der Waals surface area contributed by atoms with E-state index in [1.807, 2.05) is 18.2 Å². The predicted octanol–water partition coefficient (Wildman–Crippen LogP) is 2.97. The molecule has 1 N–H and O–H groups in total. The molecule has 2 fully saturated rings. The average molecular weight is 353 g/mol. The van der Waals surface area contributed by atoms with Crippen LogP contribution in [0.15, 0.2) is 54.6 Å². The first-order valence-electron chi connectivity index (χ1n) is 9.30. The normalized spacial score (nSPS) is 19.2. The van der Waals surface area contributed by atoms with Crippen molar-refractivity contribution < 1.29 is 9.18 Å². The SMILES string of the molecule is O=C(NC1CC1)[C@@H](c1ccc(F)cc1)N1CCN(c2ccccc2)CC1. The number of rotatable bonds is 5. The summed E-state index contributed by atoms with van der Waals surface area (Å²) >= 11 is 0. The van der Waals surface area contributed by atoms with Gasteiger partial charge in [0.1, 0.15) is 11.9 Å². The maximum Gasteiger partial charge on any atom is 0.242 e. The van der Waals surface area contributed by atoms with Crippen LogP contribution in [0.1, 0.15) is 24.4 Å². The molecule has 5 heteroatoms. The minimum atomic E-state index is -0.353. The zero-order valence-electron chi connectivity index (χ0n) is 14.8. The van der Waals surface area contributed by atoms with Crippen molar-refractivity contribution in [3.8, 4) is 0 Å². The van der Waals surface area contributed by atoms with Crippen molar-refractivity contribution in [2.24, 2.45) is 0 Å². The van der Waals surface area contributed by atoms with Crippen LogP contribution in [0, 0.1) is 5.82 Å². The largest absolute Gasteiger partial charge is 0.369 e. The second-order valence-corrected chi connectivity index (χ2v) is 7.10. The van der Waals surface area contributed by atoms with Gasteiger partial charge in [-0.05, 0) is 42.7 Å². The fourth-order valence-corrected chi connectivity index (χ4v) is 3.56. The molecular formula is C21H24FN3O. The molecule has 2 aromatic carbocycles. The summed E-state index contributed by atoms with van der Waals surface area (Å²) in [5.41, 5.74) is 2.07. The number of amides is 1. The van der Waals surface area contributed by atoms with E-state index in [9.17, 15) is 9.18 Å². The summed E-state index contributed by atoms with van der Waals surface area (Å²) in [6.45, 7) is 3.35. The summed E-state index contributed by atoms with van der Waals surface area (Å²) in [5, 5.41) is 3.12. The Morgan fingerprint density at radius 1 is 0.962 bits per heavy atom. The first-order valence-corrected chi connectivity index (χ1v) is 9.30. The molecule has 2 aliphatic rings. The molecule has 4 rings (SSSR count). The zero-order valence-corrected chi connectivity index (χ0v) is 14.8. The van der Waals surface area contributed by atoms with Crippen LogP contribution in [0.4, 0.5) is 10.1 Å². The molecule has 0 radical (unpaired) electrons. The van der Waals surface area contributed by atoms with E-state index in [1.54, 1.807) is 12.1 Å². The molecule has 1 atom stereocenters. The number of nitrogens with one attached hydrogen (secondary N) is 1. The third-order valence-electron chi connectivity index (χ3n) is 5.16. The van der Waals surface area contributed by atoms with Gasteiger partial charge in [-0.25, -0.2) is 4.39 Å². The number of nitrogens with zero attached hydrogens (tertiary/aromatic N) is 2. The lowest BCUT2D eigenvalue weighted by Gasteiger charge is -2.39. The van der Waals surface area contributed by atoms with Gasteiger partial charge in [-0.2, -0.15) is 0 Å². The third-order valence-corrected chi connectivity index (χ3v) is 5.16. The van der Waals surface area contributed by atoms with Crippen molar-refractivity contribution in [3.05, 3.63) is 66.0 Å². The van der Waals surface area contributed by atoms with Crippen LogP contribution in [0.25, 0.3) is 0 Å². The molecule has 0 aromatic heterocycles. The van der Waals surface area contributed by atoms with E-state index in [0.29, 0.717) is 6.04 Å². The maximum atomic E-state index is 13.3. The number of benzene rings is 2. The number of carbonyl (C=O) groups excluding carboxylic acids is 1. The first-order chi connectivity index (χ1) is 12.7. The number of para-hydroxylation sites is 1. The van der Waals surface area contributed by atoms with Crippen molar-refractivity contribution in [1.82, 2.24) is 10.2 Å². The third kappa shape index (κ3) is 3.88. The van der Waals surface area contributed by atoms with Gasteiger partial charge < -0.3 is 10.2 Å². The number of halogens is 1. The van der Waals surface area contributed by atoms with E-state index >= 15 is 0 Å². The van der Waals surface area contributed by atoms with Crippen LogP contribution in [-0.4, -0.2) is 43.0 Å². The monoisotopic (exact) mass is 353 g/mol. The van der Waals surface area contributed by atoms with Crippen LogP contribution in [0.3, 0.4) is 0 Å². The summed E-state index contributed by atoms with van der Waals surface area (Å²) in [4.78, 5) is 17.4. The van der Waals surface area contributed by atoms with Gasteiger partial charge in [-0.1, -0.05) is 30.3 Å². The fraction of sp³-hybridized carbons (Fsp3) is 0.381. The Labute approximate surface area is 153 Å². The highest BCUT2D eigenvalue weighted by atomic mass is 19.1. The van der Waals surface area contributed by atoms with Gasteiger partial charge in [0.15, 0.2) is 0 Å². The second kappa shape index (κ2) is 7.46. The Balaban J connectivity index is 1.49. The molecule has 1 heterocycles. The van der Waals surface area contributed by atoms with E-state index in [1.165, 1.54) is 17.8 Å².